The number of likely N-dealkylation sites (N-methyl/N-ethyl adjacent to an activating group) is 1. The molecule has 0 aromatic heterocycles. The van der Waals surface area contributed by atoms with Gasteiger partial charge in [0.1, 0.15) is 5.54 Å². The Balaban J connectivity index is 1.84. The van der Waals surface area contributed by atoms with Crippen molar-refractivity contribution in [3.05, 3.63) is 0 Å². The van der Waals surface area contributed by atoms with Gasteiger partial charge in [0.2, 0.25) is 5.91 Å². The zero-order chi connectivity index (χ0) is 13.2. The maximum absolute atomic E-state index is 11.7. The predicted octanol–water partition coefficient (Wildman–Crippen LogP) is 1.10. The van der Waals surface area contributed by atoms with Crippen molar-refractivity contribution in [3.8, 4) is 0 Å². The summed E-state index contributed by atoms with van der Waals surface area (Å²) in [4.78, 5) is 14.0. The number of nitrogens with zero attached hydrogens (tertiary/aromatic N) is 1. The lowest BCUT2D eigenvalue weighted by Crippen LogP contribution is -2.60. The fourth-order valence-electron chi connectivity index (χ4n) is 3.11. The lowest BCUT2D eigenvalue weighted by Gasteiger charge is -2.33. The van der Waals surface area contributed by atoms with Crippen LogP contribution < -0.4 is 11.1 Å². The lowest BCUT2D eigenvalue weighted by atomic mass is 9.99. The molecule has 1 amide bonds. The Labute approximate surface area is 110 Å². The highest BCUT2D eigenvalue weighted by molar-refractivity contribution is 5.84. The van der Waals surface area contributed by atoms with E-state index in [1.807, 2.05) is 6.92 Å². The molecule has 18 heavy (non-hydrogen) atoms. The second kappa shape index (κ2) is 5.57. The van der Waals surface area contributed by atoms with Gasteiger partial charge in [-0.25, -0.2) is 0 Å². The highest BCUT2D eigenvalue weighted by atomic mass is 16.1. The summed E-state index contributed by atoms with van der Waals surface area (Å²) in [5.74, 6) is 0.584. The average molecular weight is 253 g/mol. The maximum atomic E-state index is 11.7. The molecule has 0 aliphatic heterocycles. The normalized spacial score (nSPS) is 24.4. The number of hydrogen-bond donors (Lipinski definition) is 2. The topological polar surface area (TPSA) is 58.4 Å². The number of nitrogens with one attached hydrogen (secondary N) is 1. The fraction of sp³-hybridized carbons (Fsp3) is 0.929. The summed E-state index contributed by atoms with van der Waals surface area (Å²) in [6.07, 6.45) is 7.77. The van der Waals surface area contributed by atoms with Gasteiger partial charge in [-0.3, -0.25) is 10.1 Å². The molecule has 1 atom stereocenters. The van der Waals surface area contributed by atoms with E-state index in [0.717, 1.165) is 19.0 Å². The molecule has 2 rings (SSSR count). The Bertz CT molecular complexity index is 297. The Hall–Kier alpha value is -0.610. The van der Waals surface area contributed by atoms with Crippen molar-refractivity contribution >= 4 is 5.91 Å². The Morgan fingerprint density at radius 1 is 1.33 bits per heavy atom. The minimum absolute atomic E-state index is 0.229. The van der Waals surface area contributed by atoms with Crippen LogP contribution in [0.1, 0.15) is 45.4 Å². The first-order valence-corrected chi connectivity index (χ1v) is 7.26. The molecule has 0 saturated heterocycles. The van der Waals surface area contributed by atoms with Crippen LogP contribution in [0.4, 0.5) is 0 Å². The second-order valence-electron chi connectivity index (χ2n) is 6.46. The third-order valence-corrected chi connectivity index (χ3v) is 4.27. The van der Waals surface area contributed by atoms with E-state index in [9.17, 15) is 4.79 Å². The van der Waals surface area contributed by atoms with Crippen LogP contribution in [0.5, 0.6) is 0 Å². The van der Waals surface area contributed by atoms with Gasteiger partial charge < -0.3 is 10.6 Å². The summed E-state index contributed by atoms with van der Waals surface area (Å²) in [5.41, 5.74) is 5.00. The zero-order valence-corrected chi connectivity index (χ0v) is 11.7. The van der Waals surface area contributed by atoms with Gasteiger partial charge in [0.25, 0.3) is 0 Å². The van der Waals surface area contributed by atoms with Gasteiger partial charge in [0.15, 0.2) is 0 Å². The summed E-state index contributed by atoms with van der Waals surface area (Å²) in [6.45, 7) is 3.75. The van der Waals surface area contributed by atoms with Gasteiger partial charge in [0.05, 0.1) is 0 Å². The van der Waals surface area contributed by atoms with Crippen LogP contribution in [0.3, 0.4) is 0 Å². The third kappa shape index (κ3) is 3.69. The molecule has 4 nitrogen and oxygen atoms in total. The summed E-state index contributed by atoms with van der Waals surface area (Å²) >= 11 is 0. The smallest absolute Gasteiger partial charge is 0.238 e. The molecule has 2 aliphatic carbocycles. The number of rotatable bonds is 7. The highest BCUT2D eigenvalue weighted by Crippen LogP contribution is 2.26. The van der Waals surface area contributed by atoms with Crippen LogP contribution in [0.15, 0.2) is 0 Å². The number of hydrogen-bond acceptors (Lipinski definition) is 3. The van der Waals surface area contributed by atoms with E-state index in [1.165, 1.54) is 38.5 Å². The molecule has 1 unspecified atom stereocenters. The van der Waals surface area contributed by atoms with Gasteiger partial charge >= 0.3 is 0 Å². The van der Waals surface area contributed by atoms with Gasteiger partial charge in [-0.1, -0.05) is 12.8 Å². The second-order valence-corrected chi connectivity index (χ2v) is 6.46. The fourth-order valence-corrected chi connectivity index (χ4v) is 3.11. The molecular formula is C14H27N3O. The third-order valence-electron chi connectivity index (χ3n) is 4.27. The van der Waals surface area contributed by atoms with Crippen LogP contribution in [0, 0.1) is 5.92 Å². The number of carbonyl (C=O) groups excluding carboxylic acids is 1. The predicted molar refractivity (Wildman–Crippen MR) is 73.2 cm³/mol. The number of amides is 1. The number of carbonyl (C=O) groups is 1. The van der Waals surface area contributed by atoms with Crippen LogP contribution >= 0.6 is 0 Å². The number of primary amides is 1. The first-order valence-electron chi connectivity index (χ1n) is 7.26. The van der Waals surface area contributed by atoms with Crippen LogP contribution in [0.2, 0.25) is 0 Å². The van der Waals surface area contributed by atoms with Crippen molar-refractivity contribution in [2.24, 2.45) is 11.7 Å². The highest BCUT2D eigenvalue weighted by Gasteiger charge is 2.38. The minimum Gasteiger partial charge on any atom is -0.368 e. The molecular weight excluding hydrogens is 226 g/mol. The van der Waals surface area contributed by atoms with Gasteiger partial charge in [-0.15, -0.1) is 0 Å². The monoisotopic (exact) mass is 253 g/mol. The lowest BCUT2D eigenvalue weighted by molar-refractivity contribution is -0.124. The van der Waals surface area contributed by atoms with Crippen molar-refractivity contribution < 1.29 is 4.79 Å². The van der Waals surface area contributed by atoms with Crippen LogP contribution in [0.25, 0.3) is 0 Å². The van der Waals surface area contributed by atoms with E-state index >= 15 is 0 Å². The van der Waals surface area contributed by atoms with E-state index in [2.05, 4.69) is 17.3 Å². The molecule has 0 spiro atoms. The van der Waals surface area contributed by atoms with E-state index in [4.69, 9.17) is 5.73 Å². The molecule has 0 heterocycles. The standard InChI is InChI=1S/C14H27N3O/c1-14(13(15)18,16-12-7-8-12)10-17(2)9-11-5-3-4-6-11/h11-12,16H,3-10H2,1-2H3,(H2,15,18). The first kappa shape index (κ1) is 13.8. The molecule has 104 valence electrons. The Morgan fingerprint density at radius 3 is 2.44 bits per heavy atom. The van der Waals surface area contributed by atoms with Crippen molar-refractivity contribution in [1.29, 1.82) is 0 Å². The molecule has 0 radical (unpaired) electrons. The molecule has 0 aromatic carbocycles. The molecule has 3 N–H and O–H groups in total. The van der Waals surface area contributed by atoms with Gasteiger partial charge in [-0.05, 0) is 45.6 Å². The Kier molecular flexibility index (Phi) is 4.28. The summed E-state index contributed by atoms with van der Waals surface area (Å²) in [5, 5.41) is 3.41. The van der Waals surface area contributed by atoms with E-state index in [-0.39, 0.29) is 5.91 Å². The molecule has 0 bridgehead atoms. The first-order chi connectivity index (χ1) is 8.49. The minimum atomic E-state index is -0.575. The van der Waals surface area contributed by atoms with Crippen molar-refractivity contribution in [2.45, 2.75) is 57.0 Å². The number of nitrogens with two attached hydrogens (primary N) is 1. The quantitative estimate of drug-likeness (QED) is 0.714. The van der Waals surface area contributed by atoms with Crippen molar-refractivity contribution in [2.75, 3.05) is 20.1 Å². The maximum Gasteiger partial charge on any atom is 0.238 e. The zero-order valence-electron chi connectivity index (χ0n) is 11.7. The Morgan fingerprint density at radius 2 is 1.94 bits per heavy atom. The van der Waals surface area contributed by atoms with Crippen LogP contribution in [-0.2, 0) is 4.79 Å². The average Bonchev–Trinajstić information content (AvgIpc) is 2.92. The van der Waals surface area contributed by atoms with E-state index in [1.54, 1.807) is 0 Å². The summed E-state index contributed by atoms with van der Waals surface area (Å²) in [7, 11) is 2.11. The molecule has 0 aromatic rings. The SMILES string of the molecule is CN(CC1CCCC1)CC(C)(NC1CC1)C(N)=O. The summed E-state index contributed by atoms with van der Waals surface area (Å²) < 4.78 is 0. The van der Waals surface area contributed by atoms with Crippen molar-refractivity contribution in [3.63, 3.8) is 0 Å². The molecule has 2 aliphatic rings. The molecule has 2 fully saturated rings. The largest absolute Gasteiger partial charge is 0.368 e. The van der Waals surface area contributed by atoms with Crippen LogP contribution in [-0.4, -0.2) is 42.5 Å². The molecule has 4 heteroatoms. The van der Waals surface area contributed by atoms with E-state index in [0.29, 0.717) is 6.04 Å². The van der Waals surface area contributed by atoms with Gasteiger partial charge in [-0.2, -0.15) is 0 Å². The summed E-state index contributed by atoms with van der Waals surface area (Å²) in [6, 6.07) is 0.502. The molecule has 2 saturated carbocycles. The van der Waals surface area contributed by atoms with Crippen molar-refractivity contribution in [1.82, 2.24) is 10.2 Å². The van der Waals surface area contributed by atoms with Gasteiger partial charge in [0, 0.05) is 19.1 Å². The van der Waals surface area contributed by atoms with E-state index < -0.39 is 5.54 Å².